The maximum absolute atomic E-state index is 13.2. The molecule has 1 atom stereocenters. The van der Waals surface area contributed by atoms with E-state index in [0.717, 1.165) is 27.7 Å². The van der Waals surface area contributed by atoms with E-state index in [0.29, 0.717) is 17.7 Å². The van der Waals surface area contributed by atoms with Crippen LogP contribution in [0.3, 0.4) is 0 Å². The number of carbonyl (C=O) groups excluding carboxylic acids is 3. The molecule has 0 N–H and O–H groups in total. The van der Waals surface area contributed by atoms with E-state index in [1.807, 2.05) is 24.3 Å². The molecule has 2 heterocycles. The van der Waals surface area contributed by atoms with Crippen molar-refractivity contribution in [1.82, 2.24) is 4.90 Å². The molecule has 2 aromatic rings. The highest BCUT2D eigenvalue weighted by atomic mass is 32.2. The molecule has 4 rings (SSSR count). The summed E-state index contributed by atoms with van der Waals surface area (Å²) in [7, 11) is 0. The summed E-state index contributed by atoms with van der Waals surface area (Å²) in [6.07, 6.45) is 0.861. The summed E-state index contributed by atoms with van der Waals surface area (Å²) in [6.45, 7) is 2.21. The Morgan fingerprint density at radius 1 is 1.00 bits per heavy atom. The van der Waals surface area contributed by atoms with Crippen LogP contribution in [-0.4, -0.2) is 41.0 Å². The SMILES string of the molecule is C[C@H](C(=O)N1CCCSc2ccccc21)N1C(=O)c2ccccc2C1=O. The first-order valence-corrected chi connectivity index (χ1v) is 9.58. The van der Waals surface area contributed by atoms with Crippen LogP contribution in [0.2, 0.25) is 0 Å². The van der Waals surface area contributed by atoms with Crippen LogP contribution in [0.5, 0.6) is 0 Å². The van der Waals surface area contributed by atoms with E-state index in [9.17, 15) is 14.4 Å². The Hall–Kier alpha value is -2.60. The lowest BCUT2D eigenvalue weighted by Crippen LogP contribution is -2.49. The number of rotatable bonds is 2. The summed E-state index contributed by atoms with van der Waals surface area (Å²) in [5.74, 6) is -0.0929. The monoisotopic (exact) mass is 366 g/mol. The molecule has 6 heteroatoms. The van der Waals surface area contributed by atoms with Gasteiger partial charge < -0.3 is 4.90 Å². The van der Waals surface area contributed by atoms with Gasteiger partial charge in [-0.15, -0.1) is 11.8 Å². The number of nitrogens with zero attached hydrogens (tertiary/aromatic N) is 2. The number of carbonyl (C=O) groups is 3. The highest BCUT2D eigenvalue weighted by Crippen LogP contribution is 2.34. The minimum absolute atomic E-state index is 0.227. The van der Waals surface area contributed by atoms with E-state index in [2.05, 4.69) is 0 Å². The highest BCUT2D eigenvalue weighted by Gasteiger charge is 2.42. The lowest BCUT2D eigenvalue weighted by atomic mass is 10.1. The molecule has 2 aliphatic rings. The quantitative estimate of drug-likeness (QED) is 0.766. The number of para-hydroxylation sites is 1. The van der Waals surface area contributed by atoms with Crippen molar-refractivity contribution >= 4 is 35.2 Å². The van der Waals surface area contributed by atoms with E-state index in [4.69, 9.17) is 0 Å². The smallest absolute Gasteiger partial charge is 0.262 e. The fourth-order valence-corrected chi connectivity index (χ4v) is 4.45. The van der Waals surface area contributed by atoms with Crippen molar-refractivity contribution in [1.29, 1.82) is 0 Å². The Labute approximate surface area is 156 Å². The van der Waals surface area contributed by atoms with Crippen LogP contribution < -0.4 is 4.90 Å². The van der Waals surface area contributed by atoms with E-state index < -0.39 is 17.9 Å². The largest absolute Gasteiger partial charge is 0.309 e. The van der Waals surface area contributed by atoms with Crippen molar-refractivity contribution in [3.05, 3.63) is 59.7 Å². The van der Waals surface area contributed by atoms with Gasteiger partial charge in [0.2, 0.25) is 5.91 Å². The normalized spacial score (nSPS) is 17.6. The van der Waals surface area contributed by atoms with E-state index in [1.165, 1.54) is 0 Å². The molecule has 0 radical (unpaired) electrons. The maximum atomic E-state index is 13.2. The molecule has 0 fully saturated rings. The minimum atomic E-state index is -0.849. The summed E-state index contributed by atoms with van der Waals surface area (Å²) in [6, 6.07) is 13.6. The number of fused-ring (bicyclic) bond motifs is 2. The zero-order valence-electron chi connectivity index (χ0n) is 14.3. The van der Waals surface area contributed by atoms with Crippen LogP contribution >= 0.6 is 11.8 Å². The predicted molar refractivity (Wildman–Crippen MR) is 101 cm³/mol. The van der Waals surface area contributed by atoms with Crippen LogP contribution in [0, 0.1) is 0 Å². The zero-order chi connectivity index (χ0) is 18.3. The molecule has 0 saturated carbocycles. The van der Waals surface area contributed by atoms with Gasteiger partial charge in [-0.05, 0) is 43.4 Å². The number of thioether (sulfide) groups is 1. The van der Waals surface area contributed by atoms with E-state index in [-0.39, 0.29) is 5.91 Å². The van der Waals surface area contributed by atoms with Crippen molar-refractivity contribution in [2.24, 2.45) is 0 Å². The van der Waals surface area contributed by atoms with Gasteiger partial charge in [-0.1, -0.05) is 24.3 Å². The molecule has 3 amide bonds. The molecule has 0 aromatic heterocycles. The van der Waals surface area contributed by atoms with Gasteiger partial charge >= 0.3 is 0 Å². The third kappa shape index (κ3) is 2.61. The van der Waals surface area contributed by atoms with E-state index >= 15 is 0 Å². The fourth-order valence-electron chi connectivity index (χ4n) is 3.45. The van der Waals surface area contributed by atoms with Crippen molar-refractivity contribution in [3.63, 3.8) is 0 Å². The summed E-state index contributed by atoms with van der Waals surface area (Å²) >= 11 is 1.72. The summed E-state index contributed by atoms with van der Waals surface area (Å²) < 4.78 is 0. The summed E-state index contributed by atoms with van der Waals surface area (Å²) in [4.78, 5) is 42.4. The number of hydrogen-bond donors (Lipinski definition) is 0. The van der Waals surface area contributed by atoms with Gasteiger partial charge in [0.15, 0.2) is 0 Å². The molecular formula is C20H18N2O3S. The van der Waals surface area contributed by atoms with Crippen LogP contribution in [-0.2, 0) is 4.79 Å². The molecule has 0 bridgehead atoms. The fraction of sp³-hybridized carbons (Fsp3) is 0.250. The summed E-state index contributed by atoms with van der Waals surface area (Å²) in [5.41, 5.74) is 1.58. The maximum Gasteiger partial charge on any atom is 0.262 e. The number of imide groups is 1. The lowest BCUT2D eigenvalue weighted by molar-refractivity contribution is -0.122. The Balaban J connectivity index is 1.65. The topological polar surface area (TPSA) is 57.7 Å². The molecule has 132 valence electrons. The third-order valence-corrected chi connectivity index (χ3v) is 5.92. The molecule has 0 saturated heterocycles. The first kappa shape index (κ1) is 16.8. The Kier molecular flexibility index (Phi) is 4.28. The van der Waals surface area contributed by atoms with Gasteiger partial charge in [0.25, 0.3) is 11.8 Å². The van der Waals surface area contributed by atoms with Gasteiger partial charge in [0.05, 0.1) is 16.8 Å². The second kappa shape index (κ2) is 6.61. The first-order valence-electron chi connectivity index (χ1n) is 8.59. The van der Waals surface area contributed by atoms with Crippen LogP contribution in [0.15, 0.2) is 53.4 Å². The van der Waals surface area contributed by atoms with Crippen LogP contribution in [0.1, 0.15) is 34.1 Å². The van der Waals surface area contributed by atoms with Crippen LogP contribution in [0.25, 0.3) is 0 Å². The molecular weight excluding hydrogens is 348 g/mol. The predicted octanol–water partition coefficient (Wildman–Crippen LogP) is 3.20. The number of hydrogen-bond acceptors (Lipinski definition) is 4. The number of amides is 3. The second-order valence-electron chi connectivity index (χ2n) is 6.36. The Bertz CT molecular complexity index is 876. The highest BCUT2D eigenvalue weighted by molar-refractivity contribution is 7.99. The van der Waals surface area contributed by atoms with Gasteiger partial charge in [-0.2, -0.15) is 0 Å². The van der Waals surface area contributed by atoms with Gasteiger partial charge in [-0.3, -0.25) is 19.3 Å². The zero-order valence-corrected chi connectivity index (χ0v) is 15.2. The molecule has 26 heavy (non-hydrogen) atoms. The van der Waals surface area contributed by atoms with Crippen LogP contribution in [0.4, 0.5) is 5.69 Å². The third-order valence-electron chi connectivity index (χ3n) is 4.78. The number of benzene rings is 2. The molecule has 0 spiro atoms. The van der Waals surface area contributed by atoms with Crippen molar-refractivity contribution in [2.75, 3.05) is 17.2 Å². The average molecular weight is 366 g/mol. The minimum Gasteiger partial charge on any atom is -0.309 e. The van der Waals surface area contributed by atoms with E-state index in [1.54, 1.807) is 47.9 Å². The average Bonchev–Trinajstić information content (AvgIpc) is 2.82. The second-order valence-corrected chi connectivity index (χ2v) is 7.50. The first-order chi connectivity index (χ1) is 12.6. The molecule has 5 nitrogen and oxygen atoms in total. The van der Waals surface area contributed by atoms with Gasteiger partial charge in [-0.25, -0.2) is 0 Å². The Morgan fingerprint density at radius 3 is 2.31 bits per heavy atom. The molecule has 2 aliphatic heterocycles. The molecule has 2 aromatic carbocycles. The molecule has 0 aliphatic carbocycles. The van der Waals surface area contributed by atoms with Crippen molar-refractivity contribution in [2.45, 2.75) is 24.3 Å². The summed E-state index contributed by atoms with van der Waals surface area (Å²) in [5, 5.41) is 0. The lowest BCUT2D eigenvalue weighted by Gasteiger charge is -2.29. The van der Waals surface area contributed by atoms with Gasteiger partial charge in [0.1, 0.15) is 6.04 Å². The number of anilines is 1. The van der Waals surface area contributed by atoms with Crippen molar-refractivity contribution < 1.29 is 14.4 Å². The molecule has 0 unspecified atom stereocenters. The standard InChI is InChI=1S/C20H18N2O3S/c1-13(22-19(24)14-7-2-3-8-15(14)20(22)25)18(23)21-11-6-12-26-17-10-5-4-9-16(17)21/h2-5,7-10,13H,6,11-12H2,1H3/t13-/m1/s1. The Morgan fingerprint density at radius 2 is 1.62 bits per heavy atom. The van der Waals surface area contributed by atoms with Gasteiger partial charge in [0, 0.05) is 11.4 Å². The van der Waals surface area contributed by atoms with Crippen molar-refractivity contribution in [3.8, 4) is 0 Å².